The number of hydrogen-bond donors (Lipinski definition) is 0. The van der Waals surface area contributed by atoms with Crippen LogP contribution in [-0.4, -0.2) is 34.5 Å². The Labute approximate surface area is 154 Å². The van der Waals surface area contributed by atoms with Crippen molar-refractivity contribution in [2.45, 2.75) is 18.3 Å². The number of fused-ring (bicyclic) bond motifs is 2. The minimum atomic E-state index is -0.788. The molecule has 2 aromatic rings. The van der Waals surface area contributed by atoms with Crippen LogP contribution in [0.3, 0.4) is 0 Å². The van der Waals surface area contributed by atoms with Gasteiger partial charge in [-0.3, -0.25) is 9.69 Å². The predicted molar refractivity (Wildman–Crippen MR) is 97.5 cm³/mol. The molecule has 1 unspecified atom stereocenters. The fraction of sp³-hybridized carbons (Fsp3) is 0.263. The Morgan fingerprint density at radius 2 is 2.00 bits per heavy atom. The summed E-state index contributed by atoms with van der Waals surface area (Å²) in [5.41, 5.74) is 2.15. The molecule has 2 heterocycles. The van der Waals surface area contributed by atoms with Crippen molar-refractivity contribution in [3.63, 3.8) is 0 Å². The van der Waals surface area contributed by atoms with E-state index in [4.69, 9.17) is 0 Å². The average Bonchev–Trinajstić information content (AvgIpc) is 2.97. The quantitative estimate of drug-likeness (QED) is 0.767. The van der Waals surface area contributed by atoms with Crippen molar-refractivity contribution in [2.75, 3.05) is 13.6 Å². The normalized spacial score (nSPS) is 22.5. The van der Waals surface area contributed by atoms with E-state index in [2.05, 4.69) is 10.0 Å². The molecule has 134 valence electrons. The van der Waals surface area contributed by atoms with Crippen molar-refractivity contribution < 1.29 is 13.6 Å². The molecular formula is C19H17F2N3OS. The summed E-state index contributed by atoms with van der Waals surface area (Å²) in [5, 5.41) is 6.12. The highest BCUT2D eigenvalue weighted by molar-refractivity contribution is 8.15. The average molecular weight is 373 g/mol. The van der Waals surface area contributed by atoms with Crippen LogP contribution in [0.4, 0.5) is 8.78 Å². The molecule has 0 N–H and O–H groups in total. The fourth-order valence-electron chi connectivity index (χ4n) is 3.60. The van der Waals surface area contributed by atoms with E-state index in [-0.39, 0.29) is 11.5 Å². The zero-order valence-electron chi connectivity index (χ0n) is 14.4. The van der Waals surface area contributed by atoms with Crippen LogP contribution in [0.2, 0.25) is 0 Å². The third-order valence-electron chi connectivity index (χ3n) is 4.62. The molecule has 0 aromatic heterocycles. The van der Waals surface area contributed by atoms with Crippen molar-refractivity contribution in [3.8, 4) is 0 Å². The number of carbonyl (C=O) groups is 1. The van der Waals surface area contributed by atoms with Gasteiger partial charge in [0.15, 0.2) is 4.87 Å². The molecule has 2 aliphatic rings. The van der Waals surface area contributed by atoms with E-state index in [0.717, 1.165) is 35.9 Å². The molecule has 4 rings (SSSR count). The minimum absolute atomic E-state index is 0.0730. The Hall–Kier alpha value is -2.25. The second-order valence-electron chi connectivity index (χ2n) is 6.58. The molecule has 26 heavy (non-hydrogen) atoms. The number of hydrazone groups is 1. The Kier molecular flexibility index (Phi) is 4.08. The maximum Gasteiger partial charge on any atom is 0.241 e. The molecule has 1 atom stereocenters. The van der Waals surface area contributed by atoms with Crippen LogP contribution in [0.25, 0.3) is 0 Å². The number of thioether (sulfide) groups is 1. The largest absolute Gasteiger partial charge is 0.298 e. The van der Waals surface area contributed by atoms with Crippen LogP contribution in [0.15, 0.2) is 47.6 Å². The highest BCUT2D eigenvalue weighted by atomic mass is 32.2. The van der Waals surface area contributed by atoms with Gasteiger partial charge < -0.3 is 0 Å². The van der Waals surface area contributed by atoms with Gasteiger partial charge in [-0.15, -0.1) is 0 Å². The smallest absolute Gasteiger partial charge is 0.241 e. The topological polar surface area (TPSA) is 35.9 Å². The van der Waals surface area contributed by atoms with Crippen LogP contribution in [0.1, 0.15) is 23.6 Å². The molecule has 7 heteroatoms. The van der Waals surface area contributed by atoms with E-state index in [0.29, 0.717) is 11.6 Å². The first-order valence-corrected chi connectivity index (χ1v) is 9.03. The number of nitrogens with zero attached hydrogens (tertiary/aromatic N) is 3. The number of carbonyl (C=O) groups excluding carboxylic acids is 1. The van der Waals surface area contributed by atoms with E-state index < -0.39 is 16.5 Å². The summed E-state index contributed by atoms with van der Waals surface area (Å²) in [6.45, 7) is 2.74. The van der Waals surface area contributed by atoms with Crippen molar-refractivity contribution in [3.05, 3.63) is 70.8 Å². The SMILES string of the molecule is CC(=O)N1N=C(c2cc(F)ccc2F)SC12CN(C)Cc1ccccc12. The molecule has 0 radical (unpaired) electrons. The summed E-state index contributed by atoms with van der Waals surface area (Å²) in [4.78, 5) is 13.7. The van der Waals surface area contributed by atoms with E-state index in [9.17, 15) is 13.6 Å². The molecule has 1 amide bonds. The lowest BCUT2D eigenvalue weighted by Gasteiger charge is -2.43. The van der Waals surface area contributed by atoms with Gasteiger partial charge in [0.05, 0.1) is 0 Å². The van der Waals surface area contributed by atoms with Gasteiger partial charge in [-0.1, -0.05) is 36.0 Å². The van der Waals surface area contributed by atoms with Gasteiger partial charge >= 0.3 is 0 Å². The second-order valence-corrected chi connectivity index (χ2v) is 7.84. The third-order valence-corrected chi connectivity index (χ3v) is 5.97. The van der Waals surface area contributed by atoms with Gasteiger partial charge in [0.2, 0.25) is 5.91 Å². The lowest BCUT2D eigenvalue weighted by Crippen LogP contribution is -2.51. The van der Waals surface area contributed by atoms with Crippen molar-refractivity contribution in [2.24, 2.45) is 5.10 Å². The summed E-state index contributed by atoms with van der Waals surface area (Å²) in [6, 6.07) is 11.1. The maximum atomic E-state index is 14.3. The highest BCUT2D eigenvalue weighted by Crippen LogP contribution is 2.50. The summed E-state index contributed by atoms with van der Waals surface area (Å²) in [5.74, 6) is -1.34. The highest BCUT2D eigenvalue weighted by Gasteiger charge is 2.51. The lowest BCUT2D eigenvalue weighted by atomic mass is 9.94. The Bertz CT molecular complexity index is 933. The van der Waals surface area contributed by atoms with Crippen molar-refractivity contribution in [1.29, 1.82) is 0 Å². The molecular weight excluding hydrogens is 356 g/mol. The first-order valence-electron chi connectivity index (χ1n) is 8.21. The first kappa shape index (κ1) is 17.2. The molecule has 2 aliphatic heterocycles. The summed E-state index contributed by atoms with van der Waals surface area (Å²) in [7, 11) is 1.97. The molecule has 0 saturated heterocycles. The van der Waals surface area contributed by atoms with Crippen LogP contribution >= 0.6 is 11.8 Å². The number of likely N-dealkylation sites (N-methyl/N-ethyl adjacent to an activating group) is 1. The number of halogens is 2. The van der Waals surface area contributed by atoms with E-state index in [1.807, 2.05) is 31.3 Å². The van der Waals surface area contributed by atoms with Gasteiger partial charge in [-0.2, -0.15) is 5.10 Å². The fourth-order valence-corrected chi connectivity index (χ4v) is 5.15. The Balaban J connectivity index is 1.87. The maximum absolute atomic E-state index is 14.3. The van der Waals surface area contributed by atoms with Crippen molar-refractivity contribution >= 4 is 22.7 Å². The van der Waals surface area contributed by atoms with Gasteiger partial charge in [0, 0.05) is 25.6 Å². The van der Waals surface area contributed by atoms with Crippen molar-refractivity contribution in [1.82, 2.24) is 9.91 Å². The van der Waals surface area contributed by atoms with E-state index in [1.54, 1.807) is 0 Å². The third kappa shape index (κ3) is 2.62. The standard InChI is InChI=1S/C19H17F2N3OS/c1-12(25)24-19(11-23(2)10-13-5-3-4-6-16(13)19)26-18(22-24)15-9-14(20)7-8-17(15)21/h3-9H,10-11H2,1-2H3. The zero-order chi connectivity index (χ0) is 18.5. The Morgan fingerprint density at radius 3 is 2.77 bits per heavy atom. The molecule has 0 bridgehead atoms. The molecule has 0 saturated carbocycles. The predicted octanol–water partition coefficient (Wildman–Crippen LogP) is 3.52. The molecule has 0 aliphatic carbocycles. The molecule has 0 fully saturated rings. The molecule has 2 aromatic carbocycles. The monoisotopic (exact) mass is 373 g/mol. The van der Waals surface area contributed by atoms with Gasteiger partial charge in [0.25, 0.3) is 0 Å². The van der Waals surface area contributed by atoms with Gasteiger partial charge in [-0.05, 0) is 36.4 Å². The lowest BCUT2D eigenvalue weighted by molar-refractivity contribution is -0.133. The number of hydrogen-bond acceptors (Lipinski definition) is 4. The number of rotatable bonds is 1. The van der Waals surface area contributed by atoms with Crippen LogP contribution in [0, 0.1) is 11.6 Å². The Morgan fingerprint density at radius 1 is 1.23 bits per heavy atom. The number of benzene rings is 2. The van der Waals surface area contributed by atoms with Crippen LogP contribution in [0.5, 0.6) is 0 Å². The summed E-state index contributed by atoms with van der Waals surface area (Å²) in [6.07, 6.45) is 0. The minimum Gasteiger partial charge on any atom is -0.298 e. The first-order chi connectivity index (χ1) is 12.4. The van der Waals surface area contributed by atoms with Gasteiger partial charge in [-0.25, -0.2) is 13.8 Å². The zero-order valence-corrected chi connectivity index (χ0v) is 15.2. The summed E-state index contributed by atoms with van der Waals surface area (Å²) >= 11 is 1.30. The van der Waals surface area contributed by atoms with E-state index >= 15 is 0 Å². The van der Waals surface area contributed by atoms with Crippen LogP contribution < -0.4 is 0 Å². The van der Waals surface area contributed by atoms with Gasteiger partial charge in [0.1, 0.15) is 16.7 Å². The summed E-state index contributed by atoms with van der Waals surface area (Å²) < 4.78 is 28.0. The van der Waals surface area contributed by atoms with E-state index in [1.165, 1.54) is 23.7 Å². The second kappa shape index (κ2) is 6.17. The number of amides is 1. The van der Waals surface area contributed by atoms with Crippen LogP contribution in [-0.2, 0) is 16.2 Å². The molecule has 1 spiro atoms. The molecule has 4 nitrogen and oxygen atoms in total.